The summed E-state index contributed by atoms with van der Waals surface area (Å²) in [7, 11) is 6.64. The third-order valence-corrected chi connectivity index (χ3v) is 7.72. The number of fused-ring (bicyclic) bond motifs is 1. The van der Waals surface area contributed by atoms with Crippen LogP contribution in [0.4, 0.5) is 0 Å². The van der Waals surface area contributed by atoms with Crippen molar-refractivity contribution in [1.29, 1.82) is 0 Å². The number of nitrogens with zero attached hydrogens (tertiary/aromatic N) is 2. The van der Waals surface area contributed by atoms with Crippen LogP contribution in [0, 0.1) is 6.92 Å². The second kappa shape index (κ2) is 11.3. The Morgan fingerprint density at radius 3 is 1.97 bits per heavy atom. The summed E-state index contributed by atoms with van der Waals surface area (Å²) >= 11 is 0. The Morgan fingerprint density at radius 2 is 1.34 bits per heavy atom. The van der Waals surface area contributed by atoms with E-state index in [4.69, 9.17) is 23.9 Å². The number of hydrogen-bond acceptors (Lipinski definition) is 6. The summed E-state index contributed by atoms with van der Waals surface area (Å²) in [5.41, 5.74) is 5.53. The van der Waals surface area contributed by atoms with Crippen molar-refractivity contribution in [2.45, 2.75) is 32.2 Å². The van der Waals surface area contributed by atoms with E-state index in [2.05, 4.69) is 48.2 Å². The topological polar surface area (TPSA) is 53.1 Å². The highest BCUT2D eigenvalue weighted by atomic mass is 16.5. The van der Waals surface area contributed by atoms with Gasteiger partial charge in [0, 0.05) is 23.2 Å². The third-order valence-electron chi connectivity index (χ3n) is 7.72. The van der Waals surface area contributed by atoms with Crippen molar-refractivity contribution in [3.8, 4) is 34.3 Å². The van der Waals surface area contributed by atoms with E-state index in [1.807, 2.05) is 24.3 Å². The number of benzene rings is 3. The van der Waals surface area contributed by atoms with Gasteiger partial charge in [0.15, 0.2) is 23.0 Å². The molecule has 6 heteroatoms. The number of aryl methyl sites for hydroxylation is 1. The molecule has 2 heterocycles. The number of hydrogen-bond donors (Lipinski definition) is 0. The standard InChI is InChI=1S/C32H36N2O4/c1-21-27(20-34-15-13-23(14-16-34)22-9-7-6-8-10-22)25-18-30(37-4)31(38-5)19-26(25)32(33-21)24-11-12-28(35-2)29(17-24)36-3/h6-12,17-19,23H,13-16,20H2,1-5H3. The monoisotopic (exact) mass is 512 g/mol. The van der Waals surface area contributed by atoms with Crippen LogP contribution in [0.15, 0.2) is 60.7 Å². The lowest BCUT2D eigenvalue weighted by Crippen LogP contribution is -2.32. The molecular weight excluding hydrogens is 476 g/mol. The Labute approximate surface area is 225 Å². The van der Waals surface area contributed by atoms with E-state index < -0.39 is 0 Å². The maximum absolute atomic E-state index is 5.71. The van der Waals surface area contributed by atoms with Crippen LogP contribution >= 0.6 is 0 Å². The molecular formula is C32H36N2O4. The minimum absolute atomic E-state index is 0.625. The molecule has 0 atom stereocenters. The molecule has 3 aromatic carbocycles. The molecule has 1 aromatic heterocycles. The van der Waals surface area contributed by atoms with Gasteiger partial charge in [-0.1, -0.05) is 30.3 Å². The van der Waals surface area contributed by atoms with Crippen LogP contribution in [0.2, 0.25) is 0 Å². The predicted molar refractivity (Wildman–Crippen MR) is 152 cm³/mol. The zero-order chi connectivity index (χ0) is 26.6. The molecule has 1 fully saturated rings. The summed E-state index contributed by atoms with van der Waals surface area (Å²) in [6.45, 7) is 5.07. The fourth-order valence-corrected chi connectivity index (χ4v) is 5.59. The molecule has 5 rings (SSSR count). The van der Waals surface area contributed by atoms with Gasteiger partial charge in [-0.15, -0.1) is 0 Å². The number of aromatic nitrogens is 1. The van der Waals surface area contributed by atoms with Gasteiger partial charge in [0.25, 0.3) is 0 Å². The van der Waals surface area contributed by atoms with Crippen molar-refractivity contribution in [2.75, 3.05) is 41.5 Å². The number of rotatable bonds is 8. The molecule has 0 spiro atoms. The van der Waals surface area contributed by atoms with Gasteiger partial charge in [-0.25, -0.2) is 0 Å². The molecule has 0 radical (unpaired) electrons. The lowest BCUT2D eigenvalue weighted by molar-refractivity contribution is 0.205. The average molecular weight is 513 g/mol. The minimum atomic E-state index is 0.625. The summed E-state index contributed by atoms with van der Waals surface area (Å²) < 4.78 is 22.4. The smallest absolute Gasteiger partial charge is 0.161 e. The van der Waals surface area contributed by atoms with Crippen LogP contribution in [-0.4, -0.2) is 51.4 Å². The normalized spacial score (nSPS) is 14.4. The van der Waals surface area contributed by atoms with Crippen LogP contribution < -0.4 is 18.9 Å². The van der Waals surface area contributed by atoms with Crippen LogP contribution in [0.1, 0.15) is 35.6 Å². The van der Waals surface area contributed by atoms with Crippen molar-refractivity contribution in [3.63, 3.8) is 0 Å². The molecule has 6 nitrogen and oxygen atoms in total. The van der Waals surface area contributed by atoms with E-state index in [1.54, 1.807) is 28.4 Å². The summed E-state index contributed by atoms with van der Waals surface area (Å²) in [5.74, 6) is 3.38. The number of likely N-dealkylation sites (tertiary alicyclic amines) is 1. The van der Waals surface area contributed by atoms with Gasteiger partial charge < -0.3 is 18.9 Å². The van der Waals surface area contributed by atoms with Gasteiger partial charge in [-0.05, 0) is 85.6 Å². The van der Waals surface area contributed by atoms with Gasteiger partial charge in [0.05, 0.1) is 34.1 Å². The van der Waals surface area contributed by atoms with E-state index >= 15 is 0 Å². The van der Waals surface area contributed by atoms with Crippen molar-refractivity contribution < 1.29 is 18.9 Å². The van der Waals surface area contributed by atoms with E-state index in [-0.39, 0.29) is 0 Å². The van der Waals surface area contributed by atoms with Crippen molar-refractivity contribution >= 4 is 10.8 Å². The minimum Gasteiger partial charge on any atom is -0.493 e. The Balaban J connectivity index is 1.54. The molecule has 0 aliphatic carbocycles. The maximum atomic E-state index is 5.71. The molecule has 0 N–H and O–H groups in total. The molecule has 1 saturated heterocycles. The fraction of sp³-hybridized carbons (Fsp3) is 0.344. The molecule has 0 amide bonds. The number of methoxy groups -OCH3 is 4. The molecule has 0 unspecified atom stereocenters. The zero-order valence-corrected chi connectivity index (χ0v) is 22.9. The molecule has 198 valence electrons. The number of ether oxygens (including phenoxy) is 4. The Kier molecular flexibility index (Phi) is 7.70. The molecule has 4 aromatic rings. The largest absolute Gasteiger partial charge is 0.493 e. The average Bonchev–Trinajstić information content (AvgIpc) is 2.98. The van der Waals surface area contributed by atoms with Crippen molar-refractivity contribution in [2.24, 2.45) is 0 Å². The van der Waals surface area contributed by atoms with E-state index in [1.165, 1.54) is 11.1 Å². The van der Waals surface area contributed by atoms with E-state index in [0.717, 1.165) is 60.2 Å². The highest BCUT2D eigenvalue weighted by Crippen LogP contribution is 2.41. The first-order chi connectivity index (χ1) is 18.6. The number of piperidine rings is 1. The van der Waals surface area contributed by atoms with Crippen LogP contribution in [0.3, 0.4) is 0 Å². The van der Waals surface area contributed by atoms with E-state index in [0.29, 0.717) is 28.9 Å². The lowest BCUT2D eigenvalue weighted by atomic mass is 9.89. The zero-order valence-electron chi connectivity index (χ0n) is 22.9. The SMILES string of the molecule is COc1ccc(-c2nc(C)c(CN3CCC(c4ccccc4)CC3)c3cc(OC)c(OC)cc23)cc1OC. The Morgan fingerprint density at radius 1 is 0.737 bits per heavy atom. The molecule has 0 saturated carbocycles. The van der Waals surface area contributed by atoms with Crippen LogP contribution in [0.5, 0.6) is 23.0 Å². The molecule has 1 aliphatic heterocycles. The first-order valence-electron chi connectivity index (χ1n) is 13.1. The Hall–Kier alpha value is -3.77. The molecule has 0 bridgehead atoms. The van der Waals surface area contributed by atoms with Gasteiger partial charge in [-0.3, -0.25) is 9.88 Å². The number of pyridine rings is 1. The van der Waals surface area contributed by atoms with Crippen molar-refractivity contribution in [1.82, 2.24) is 9.88 Å². The summed E-state index contributed by atoms with van der Waals surface area (Å²) in [4.78, 5) is 7.69. The molecule has 38 heavy (non-hydrogen) atoms. The second-order valence-corrected chi connectivity index (χ2v) is 9.81. The quantitative estimate of drug-likeness (QED) is 0.264. The predicted octanol–water partition coefficient (Wildman–Crippen LogP) is 6.62. The molecule has 1 aliphatic rings. The lowest BCUT2D eigenvalue weighted by Gasteiger charge is -2.33. The first kappa shape index (κ1) is 25.9. The summed E-state index contributed by atoms with van der Waals surface area (Å²) in [6, 6.07) is 20.9. The van der Waals surface area contributed by atoms with Gasteiger partial charge >= 0.3 is 0 Å². The van der Waals surface area contributed by atoms with Crippen LogP contribution in [-0.2, 0) is 6.54 Å². The summed E-state index contributed by atoms with van der Waals surface area (Å²) in [6.07, 6.45) is 2.32. The Bertz CT molecular complexity index is 1410. The van der Waals surface area contributed by atoms with Crippen molar-refractivity contribution in [3.05, 3.63) is 77.5 Å². The first-order valence-corrected chi connectivity index (χ1v) is 13.1. The highest BCUT2D eigenvalue weighted by molar-refractivity contribution is 5.99. The maximum Gasteiger partial charge on any atom is 0.161 e. The van der Waals surface area contributed by atoms with Gasteiger partial charge in [0.1, 0.15) is 0 Å². The summed E-state index contributed by atoms with van der Waals surface area (Å²) in [5, 5.41) is 2.15. The van der Waals surface area contributed by atoms with E-state index in [9.17, 15) is 0 Å². The van der Waals surface area contributed by atoms with Gasteiger partial charge in [-0.2, -0.15) is 0 Å². The second-order valence-electron chi connectivity index (χ2n) is 9.81. The fourth-order valence-electron chi connectivity index (χ4n) is 5.59. The highest BCUT2D eigenvalue weighted by Gasteiger charge is 2.24. The third kappa shape index (κ3) is 5.01. The van der Waals surface area contributed by atoms with Crippen LogP contribution in [0.25, 0.3) is 22.0 Å². The van der Waals surface area contributed by atoms with Gasteiger partial charge in [0.2, 0.25) is 0 Å².